The molecule has 2 aromatic rings. The van der Waals surface area contributed by atoms with Crippen LogP contribution in [0, 0.1) is 10.1 Å². The Bertz CT molecular complexity index is 1410. The Hall–Kier alpha value is -3.88. The molecule has 5 atom stereocenters. The molecule has 0 aromatic heterocycles. The predicted molar refractivity (Wildman–Crippen MR) is 131 cm³/mol. The van der Waals surface area contributed by atoms with Crippen LogP contribution in [0.3, 0.4) is 0 Å². The van der Waals surface area contributed by atoms with E-state index < -0.39 is 73.9 Å². The molecule has 1 fully saturated rings. The minimum atomic E-state index is -4.62. The second-order valence-corrected chi connectivity index (χ2v) is 10.9. The van der Waals surface area contributed by atoms with E-state index in [9.17, 15) is 32.9 Å². The molecule has 0 spiro atoms. The average Bonchev–Trinajstić information content (AvgIpc) is 2.87. The number of rotatable bonds is 7. The third kappa shape index (κ3) is 5.62. The molecule has 39 heavy (non-hydrogen) atoms. The summed E-state index contributed by atoms with van der Waals surface area (Å²) < 4.78 is 51.5. The number of nitro benzene ring substituents is 1. The molecule has 0 N–H and O–H groups in total. The molecule has 1 saturated heterocycles. The van der Waals surface area contributed by atoms with Crippen LogP contribution < -0.4 is 0 Å². The molecule has 0 saturated carbocycles. The van der Waals surface area contributed by atoms with E-state index >= 15 is 0 Å². The number of esters is 3. The third-order valence-electron chi connectivity index (χ3n) is 6.38. The van der Waals surface area contributed by atoms with Crippen molar-refractivity contribution in [3.63, 3.8) is 0 Å². The van der Waals surface area contributed by atoms with Crippen LogP contribution in [-0.2, 0) is 49.9 Å². The molecule has 0 amide bonds. The standard InChI is InChI=1S/C25H26N2O11S/c1-14(28)35-13-20-24(36-15(2)29)25(37-16(3)30)22-23(38-20)18-9-5-4-8-17(18)12-26(22)39(33,34)21-11-7-6-10-19(21)27(31)32/h4-11,20,22-25H,12-13H2,1-3H3/t20-,22+,23-,24-,25-/m1/s1. The summed E-state index contributed by atoms with van der Waals surface area (Å²) in [6.07, 6.45) is -5.01. The molecule has 2 aromatic carbocycles. The summed E-state index contributed by atoms with van der Waals surface area (Å²) in [5.74, 6) is -2.22. The van der Waals surface area contributed by atoms with Crippen LogP contribution in [0.25, 0.3) is 0 Å². The second kappa shape index (κ2) is 11.1. The van der Waals surface area contributed by atoms with E-state index in [1.54, 1.807) is 24.3 Å². The predicted octanol–water partition coefficient (Wildman–Crippen LogP) is 2.03. The minimum absolute atomic E-state index is 0.242. The maximum atomic E-state index is 14.1. The van der Waals surface area contributed by atoms with Gasteiger partial charge in [-0.15, -0.1) is 0 Å². The van der Waals surface area contributed by atoms with E-state index in [0.717, 1.165) is 30.3 Å². The highest BCUT2D eigenvalue weighted by Crippen LogP contribution is 2.45. The largest absolute Gasteiger partial charge is 0.463 e. The molecular formula is C25H26N2O11S. The Kier molecular flexibility index (Phi) is 7.99. The molecule has 4 rings (SSSR count). The summed E-state index contributed by atoms with van der Waals surface area (Å²) in [6.45, 7) is 2.76. The van der Waals surface area contributed by atoms with Crippen LogP contribution in [0.1, 0.15) is 38.0 Å². The van der Waals surface area contributed by atoms with Crippen LogP contribution in [0.4, 0.5) is 5.69 Å². The minimum Gasteiger partial charge on any atom is -0.463 e. The number of hydrogen-bond donors (Lipinski definition) is 0. The van der Waals surface area contributed by atoms with Crippen LogP contribution in [0.2, 0.25) is 0 Å². The van der Waals surface area contributed by atoms with E-state index in [2.05, 4.69) is 0 Å². The Labute approximate surface area is 223 Å². The smallest absolute Gasteiger partial charge is 0.303 e. The van der Waals surface area contributed by atoms with Gasteiger partial charge in [0.2, 0.25) is 0 Å². The fourth-order valence-electron chi connectivity index (χ4n) is 4.92. The quantitative estimate of drug-likeness (QED) is 0.209. The number of nitro groups is 1. The first-order valence-electron chi connectivity index (χ1n) is 11.9. The van der Waals surface area contributed by atoms with Crippen molar-refractivity contribution in [3.8, 4) is 0 Å². The van der Waals surface area contributed by atoms with Crippen molar-refractivity contribution >= 4 is 33.6 Å². The lowest BCUT2D eigenvalue weighted by Gasteiger charge is -2.51. The van der Waals surface area contributed by atoms with Gasteiger partial charge in [-0.05, 0) is 17.2 Å². The van der Waals surface area contributed by atoms with Crippen molar-refractivity contribution < 1.29 is 46.7 Å². The van der Waals surface area contributed by atoms with Gasteiger partial charge in [0.1, 0.15) is 18.8 Å². The van der Waals surface area contributed by atoms with Crippen molar-refractivity contribution in [2.24, 2.45) is 0 Å². The topological polar surface area (TPSA) is 169 Å². The molecule has 208 valence electrons. The number of hydrogen-bond acceptors (Lipinski definition) is 11. The lowest BCUT2D eigenvalue weighted by molar-refractivity contribution is -0.387. The Morgan fingerprint density at radius 3 is 2.23 bits per heavy atom. The number of nitrogens with zero attached hydrogens (tertiary/aromatic N) is 2. The zero-order chi connectivity index (χ0) is 28.5. The first-order valence-corrected chi connectivity index (χ1v) is 13.3. The number of para-hydroxylation sites is 1. The van der Waals surface area contributed by atoms with Crippen LogP contribution in [-0.4, -0.2) is 66.5 Å². The zero-order valence-corrected chi connectivity index (χ0v) is 22.0. The number of ether oxygens (including phenoxy) is 4. The van der Waals surface area contributed by atoms with Crippen LogP contribution >= 0.6 is 0 Å². The van der Waals surface area contributed by atoms with Gasteiger partial charge in [0.05, 0.1) is 11.0 Å². The van der Waals surface area contributed by atoms with E-state index in [-0.39, 0.29) is 13.2 Å². The molecule has 2 aliphatic rings. The van der Waals surface area contributed by atoms with E-state index in [1.807, 2.05) is 0 Å². The van der Waals surface area contributed by atoms with Crippen LogP contribution in [0.15, 0.2) is 53.4 Å². The highest BCUT2D eigenvalue weighted by atomic mass is 32.2. The van der Waals surface area contributed by atoms with Crippen molar-refractivity contribution in [1.29, 1.82) is 0 Å². The number of sulfonamides is 1. The molecule has 0 bridgehead atoms. The van der Waals surface area contributed by atoms with Crippen LogP contribution in [0.5, 0.6) is 0 Å². The van der Waals surface area contributed by atoms with Crippen molar-refractivity contribution in [2.75, 3.05) is 6.61 Å². The SMILES string of the molecule is CC(=O)OC[C@H]1O[C@@H]2c3ccccc3CN(S(=O)(=O)c3ccccc3[N+](=O)[O-])[C@@H]2[C@@H](OC(C)=O)[C@@H]1OC(C)=O. The molecule has 0 aliphatic carbocycles. The summed E-state index contributed by atoms with van der Waals surface area (Å²) in [4.78, 5) is 46.2. The normalized spacial score (nSPS) is 24.5. The summed E-state index contributed by atoms with van der Waals surface area (Å²) in [5, 5.41) is 11.7. The van der Waals surface area contributed by atoms with Gasteiger partial charge in [0.15, 0.2) is 17.1 Å². The maximum Gasteiger partial charge on any atom is 0.303 e. The van der Waals surface area contributed by atoms with Crippen molar-refractivity contribution in [1.82, 2.24) is 4.31 Å². The molecule has 13 nitrogen and oxygen atoms in total. The first-order chi connectivity index (χ1) is 18.4. The third-order valence-corrected chi connectivity index (χ3v) is 8.27. The number of carbonyl (C=O) groups is 3. The Balaban J connectivity index is 1.92. The Morgan fingerprint density at radius 2 is 1.59 bits per heavy atom. The van der Waals surface area contributed by atoms with Gasteiger partial charge in [-0.3, -0.25) is 24.5 Å². The average molecular weight is 563 g/mol. The van der Waals surface area contributed by atoms with E-state index in [0.29, 0.717) is 11.1 Å². The van der Waals surface area contributed by atoms with Gasteiger partial charge in [-0.25, -0.2) is 8.42 Å². The van der Waals surface area contributed by atoms with Gasteiger partial charge >= 0.3 is 17.9 Å². The van der Waals surface area contributed by atoms with Crippen molar-refractivity contribution in [3.05, 3.63) is 69.8 Å². The molecule has 2 heterocycles. The molecule has 14 heteroatoms. The van der Waals surface area contributed by atoms with Gasteiger partial charge in [-0.1, -0.05) is 36.4 Å². The summed E-state index contributed by atoms with van der Waals surface area (Å²) in [6, 6.07) is 10.4. The van der Waals surface area contributed by atoms with E-state index in [4.69, 9.17) is 18.9 Å². The maximum absolute atomic E-state index is 14.1. The van der Waals surface area contributed by atoms with Gasteiger partial charge < -0.3 is 18.9 Å². The summed E-state index contributed by atoms with van der Waals surface area (Å²) in [5.41, 5.74) is 0.473. The number of carbonyl (C=O) groups excluding carboxylic acids is 3. The van der Waals surface area contributed by atoms with Gasteiger partial charge in [0.25, 0.3) is 15.7 Å². The first kappa shape index (κ1) is 28.1. The second-order valence-electron chi connectivity index (χ2n) is 9.01. The number of fused-ring (bicyclic) bond motifs is 3. The highest BCUT2D eigenvalue weighted by Gasteiger charge is 2.57. The highest BCUT2D eigenvalue weighted by molar-refractivity contribution is 7.89. The lowest BCUT2D eigenvalue weighted by atomic mass is 9.84. The van der Waals surface area contributed by atoms with Crippen molar-refractivity contribution in [2.45, 2.75) is 62.7 Å². The van der Waals surface area contributed by atoms with Gasteiger partial charge in [-0.2, -0.15) is 4.31 Å². The number of benzene rings is 2. The fourth-order valence-corrected chi connectivity index (χ4v) is 6.69. The zero-order valence-electron chi connectivity index (χ0n) is 21.2. The molecule has 0 radical (unpaired) electrons. The van der Waals surface area contributed by atoms with Gasteiger partial charge in [0, 0.05) is 33.4 Å². The molecule has 2 aliphatic heterocycles. The monoisotopic (exact) mass is 562 g/mol. The van der Waals surface area contributed by atoms with E-state index in [1.165, 1.54) is 19.1 Å². The summed E-state index contributed by atoms with van der Waals surface area (Å²) in [7, 11) is -4.62. The summed E-state index contributed by atoms with van der Waals surface area (Å²) >= 11 is 0. The lowest BCUT2D eigenvalue weighted by Crippen LogP contribution is -2.65. The molecule has 0 unspecified atom stereocenters. The molecular weight excluding hydrogens is 536 g/mol. The fraction of sp³-hybridized carbons (Fsp3) is 0.400. The Morgan fingerprint density at radius 1 is 0.974 bits per heavy atom.